The molecule has 0 saturated carbocycles. The molecule has 0 unspecified atom stereocenters. The molecule has 1 heterocycles. The number of thioether (sulfide) groups is 1. The van der Waals surface area contributed by atoms with Crippen LogP contribution in [0.4, 0.5) is 10.1 Å². The number of carbonyl (C=O) groups excluding carboxylic acids is 1. The highest BCUT2D eigenvalue weighted by Crippen LogP contribution is 2.31. The van der Waals surface area contributed by atoms with Crippen LogP contribution in [-0.4, -0.2) is 33.4 Å². The Balaban J connectivity index is 1.69. The van der Waals surface area contributed by atoms with E-state index in [2.05, 4.69) is 20.5 Å². The summed E-state index contributed by atoms with van der Waals surface area (Å²) in [5, 5.41) is 10.2. The summed E-state index contributed by atoms with van der Waals surface area (Å²) in [6.07, 6.45) is 0. The van der Waals surface area contributed by atoms with Gasteiger partial charge in [0.2, 0.25) is 11.1 Å². The normalized spacial score (nSPS) is 11.9. The Morgan fingerprint density at radius 3 is 2.74 bits per heavy atom. The second kappa shape index (κ2) is 8.41. The highest BCUT2D eigenvalue weighted by Gasteiger charge is 2.19. The monoisotopic (exact) mass is 406 g/mol. The number of aromatic nitrogens is 3. The Hall–Kier alpha value is -2.58. The van der Waals surface area contributed by atoms with Gasteiger partial charge in [-0.2, -0.15) is 0 Å². The number of hydrogen-bond donors (Lipinski definition) is 2. The van der Waals surface area contributed by atoms with Gasteiger partial charge in [-0.1, -0.05) is 23.4 Å². The van der Waals surface area contributed by atoms with E-state index >= 15 is 0 Å². The van der Waals surface area contributed by atoms with Gasteiger partial charge in [0.1, 0.15) is 11.6 Å². The third-order valence-electron chi connectivity index (χ3n) is 3.64. The van der Waals surface area contributed by atoms with E-state index in [1.54, 1.807) is 32.2 Å². The zero-order valence-electron chi connectivity index (χ0n) is 14.5. The fraction of sp³-hybridized carbons (Fsp3) is 0.167. The van der Waals surface area contributed by atoms with Crippen molar-refractivity contribution in [3.8, 4) is 17.1 Å². The highest BCUT2D eigenvalue weighted by molar-refractivity contribution is 8.00. The van der Waals surface area contributed by atoms with Gasteiger partial charge in [-0.05, 0) is 49.4 Å². The predicted octanol–water partition coefficient (Wildman–Crippen LogP) is 4.39. The number of nitrogens with zero attached hydrogens (tertiary/aromatic N) is 2. The van der Waals surface area contributed by atoms with E-state index in [4.69, 9.17) is 16.3 Å². The Bertz CT molecular complexity index is 949. The van der Waals surface area contributed by atoms with Crippen molar-refractivity contribution in [3.63, 3.8) is 0 Å². The van der Waals surface area contributed by atoms with Crippen molar-refractivity contribution in [2.45, 2.75) is 17.3 Å². The van der Waals surface area contributed by atoms with Crippen LogP contribution >= 0.6 is 23.4 Å². The molecule has 0 saturated heterocycles. The van der Waals surface area contributed by atoms with Crippen molar-refractivity contribution >= 4 is 35.0 Å². The van der Waals surface area contributed by atoms with Crippen LogP contribution in [0, 0.1) is 5.82 Å². The average Bonchev–Trinajstić information content (AvgIpc) is 3.11. The maximum atomic E-state index is 12.9. The van der Waals surface area contributed by atoms with Gasteiger partial charge in [-0.3, -0.25) is 9.89 Å². The SMILES string of the molecule is COc1ccc(Cl)cc1-c1nc(S[C@H](C)C(=O)Nc2ccc(F)cc2)n[nH]1. The number of benzene rings is 2. The van der Waals surface area contributed by atoms with Crippen molar-refractivity contribution in [1.82, 2.24) is 15.2 Å². The summed E-state index contributed by atoms with van der Waals surface area (Å²) in [5.74, 6) is 0.496. The molecule has 0 fully saturated rings. The number of hydrogen-bond acceptors (Lipinski definition) is 5. The highest BCUT2D eigenvalue weighted by atomic mass is 35.5. The molecular formula is C18H16ClFN4O2S. The number of H-pyrrole nitrogens is 1. The zero-order valence-corrected chi connectivity index (χ0v) is 16.1. The molecule has 9 heteroatoms. The maximum absolute atomic E-state index is 12.9. The minimum Gasteiger partial charge on any atom is -0.496 e. The first-order chi connectivity index (χ1) is 13.0. The van der Waals surface area contributed by atoms with E-state index < -0.39 is 5.25 Å². The van der Waals surface area contributed by atoms with Crippen LogP contribution in [0.2, 0.25) is 5.02 Å². The van der Waals surface area contributed by atoms with Gasteiger partial charge < -0.3 is 10.1 Å². The van der Waals surface area contributed by atoms with Gasteiger partial charge in [0, 0.05) is 10.7 Å². The molecule has 2 aromatic carbocycles. The predicted molar refractivity (Wildman–Crippen MR) is 104 cm³/mol. The summed E-state index contributed by atoms with van der Waals surface area (Å²) in [6.45, 7) is 1.74. The number of anilines is 1. The van der Waals surface area contributed by atoms with Gasteiger partial charge in [-0.25, -0.2) is 9.37 Å². The third-order valence-corrected chi connectivity index (χ3v) is 4.84. The number of ether oxygens (including phenoxy) is 1. The van der Waals surface area contributed by atoms with Crippen molar-refractivity contribution in [2.75, 3.05) is 12.4 Å². The van der Waals surface area contributed by atoms with Crippen LogP contribution in [0.5, 0.6) is 5.75 Å². The lowest BCUT2D eigenvalue weighted by Crippen LogP contribution is -2.22. The molecule has 1 atom stereocenters. The topological polar surface area (TPSA) is 79.9 Å². The minimum atomic E-state index is -0.458. The number of rotatable bonds is 6. The number of halogens is 2. The molecule has 0 aliphatic carbocycles. The molecule has 140 valence electrons. The maximum Gasteiger partial charge on any atom is 0.237 e. The molecule has 0 aliphatic heterocycles. The standard InChI is InChI=1S/C18H16ClFN4O2S/c1-10(17(25)21-13-6-4-12(20)5-7-13)27-18-22-16(23-24-18)14-9-11(19)3-8-15(14)26-2/h3-10H,1-2H3,(H,21,25)(H,22,23,24)/t10-/m1/s1. The molecule has 3 rings (SSSR count). The van der Waals surface area contributed by atoms with Crippen LogP contribution in [0.15, 0.2) is 47.6 Å². The first kappa shape index (κ1) is 19.2. The van der Waals surface area contributed by atoms with E-state index in [9.17, 15) is 9.18 Å². The van der Waals surface area contributed by atoms with E-state index in [0.717, 1.165) is 0 Å². The average molecular weight is 407 g/mol. The third kappa shape index (κ3) is 4.78. The van der Waals surface area contributed by atoms with Crippen molar-refractivity contribution in [3.05, 3.63) is 53.3 Å². The van der Waals surface area contributed by atoms with E-state index in [1.165, 1.54) is 36.0 Å². The first-order valence-corrected chi connectivity index (χ1v) is 9.21. The lowest BCUT2D eigenvalue weighted by atomic mass is 10.2. The Kier molecular flexibility index (Phi) is 5.98. The minimum absolute atomic E-state index is 0.238. The Morgan fingerprint density at radius 2 is 2.04 bits per heavy atom. The second-order valence-electron chi connectivity index (χ2n) is 5.57. The number of aromatic amines is 1. The number of amides is 1. The summed E-state index contributed by atoms with van der Waals surface area (Å²) in [7, 11) is 1.56. The number of methoxy groups -OCH3 is 1. The van der Waals surface area contributed by atoms with Crippen molar-refractivity contribution < 1.29 is 13.9 Å². The Morgan fingerprint density at radius 1 is 1.30 bits per heavy atom. The van der Waals surface area contributed by atoms with Gasteiger partial charge >= 0.3 is 0 Å². The Labute approximate surface area is 164 Å². The first-order valence-electron chi connectivity index (χ1n) is 7.95. The molecule has 3 aromatic rings. The van der Waals surface area contributed by atoms with Gasteiger partial charge in [0.05, 0.1) is 17.9 Å². The van der Waals surface area contributed by atoms with Gasteiger partial charge in [-0.15, -0.1) is 5.10 Å². The lowest BCUT2D eigenvalue weighted by Gasteiger charge is -2.10. The van der Waals surface area contributed by atoms with Crippen LogP contribution in [0.1, 0.15) is 6.92 Å². The van der Waals surface area contributed by atoms with Crippen LogP contribution < -0.4 is 10.1 Å². The smallest absolute Gasteiger partial charge is 0.237 e. The molecule has 6 nitrogen and oxygen atoms in total. The molecule has 27 heavy (non-hydrogen) atoms. The molecule has 1 aromatic heterocycles. The quantitative estimate of drug-likeness (QED) is 0.593. The molecule has 1 amide bonds. The van der Waals surface area contributed by atoms with E-state index in [-0.39, 0.29) is 11.7 Å². The molecule has 0 radical (unpaired) electrons. The van der Waals surface area contributed by atoms with Gasteiger partial charge in [0.15, 0.2) is 5.82 Å². The zero-order chi connectivity index (χ0) is 19.4. The lowest BCUT2D eigenvalue weighted by molar-refractivity contribution is -0.115. The van der Waals surface area contributed by atoms with Crippen molar-refractivity contribution in [2.24, 2.45) is 0 Å². The fourth-order valence-corrected chi connectivity index (χ4v) is 3.17. The molecule has 0 spiro atoms. The summed E-state index contributed by atoms with van der Waals surface area (Å²) in [4.78, 5) is 16.7. The van der Waals surface area contributed by atoms with Crippen molar-refractivity contribution in [1.29, 1.82) is 0 Å². The molecule has 0 aliphatic rings. The molecular weight excluding hydrogens is 391 g/mol. The number of nitrogens with one attached hydrogen (secondary N) is 2. The van der Waals surface area contributed by atoms with Gasteiger partial charge in [0.25, 0.3) is 0 Å². The van der Waals surface area contributed by atoms with Crippen LogP contribution in [0.3, 0.4) is 0 Å². The number of carbonyl (C=O) groups is 1. The molecule has 0 bridgehead atoms. The van der Waals surface area contributed by atoms with Crippen LogP contribution in [0.25, 0.3) is 11.4 Å². The van der Waals surface area contributed by atoms with Crippen LogP contribution in [-0.2, 0) is 4.79 Å². The van der Waals surface area contributed by atoms with E-state index in [1.807, 2.05) is 0 Å². The van der Waals surface area contributed by atoms with E-state index in [0.29, 0.717) is 33.0 Å². The largest absolute Gasteiger partial charge is 0.496 e. The fourth-order valence-electron chi connectivity index (χ4n) is 2.27. The summed E-state index contributed by atoms with van der Waals surface area (Å²) >= 11 is 7.24. The summed E-state index contributed by atoms with van der Waals surface area (Å²) in [5.41, 5.74) is 1.20. The second-order valence-corrected chi connectivity index (χ2v) is 7.31. The summed E-state index contributed by atoms with van der Waals surface area (Å²) in [6, 6.07) is 10.8. The summed E-state index contributed by atoms with van der Waals surface area (Å²) < 4.78 is 18.3. The molecule has 2 N–H and O–H groups in total.